The van der Waals surface area contributed by atoms with Gasteiger partial charge in [0.1, 0.15) is 0 Å². The van der Waals surface area contributed by atoms with Gasteiger partial charge in [-0.1, -0.05) is 86.4 Å². The van der Waals surface area contributed by atoms with E-state index < -0.39 is 0 Å². The van der Waals surface area contributed by atoms with Crippen molar-refractivity contribution in [3.63, 3.8) is 0 Å². The molecule has 0 saturated heterocycles. The summed E-state index contributed by atoms with van der Waals surface area (Å²) in [5.41, 5.74) is 0. The van der Waals surface area contributed by atoms with Crippen molar-refractivity contribution in [2.75, 3.05) is 0 Å². The lowest BCUT2D eigenvalue weighted by Gasteiger charge is -1.99. The minimum atomic E-state index is 1.22. The van der Waals surface area contributed by atoms with Crippen LogP contribution in [-0.4, -0.2) is 0 Å². The maximum Gasteiger partial charge on any atom is -0.0348 e. The zero-order valence-corrected chi connectivity index (χ0v) is 11.4. The molecular weight excluding hydrogens is 216 g/mol. The molecule has 0 aromatic carbocycles. The second-order valence-corrected chi connectivity index (χ2v) is 4.71. The van der Waals surface area contributed by atoms with E-state index in [-0.39, 0.29) is 0 Å². The summed E-state index contributed by atoms with van der Waals surface area (Å²) in [5.74, 6) is 0. The van der Waals surface area contributed by atoms with Crippen LogP contribution in [-0.2, 0) is 0 Å². The summed E-state index contributed by atoms with van der Waals surface area (Å²) in [6, 6.07) is 0. The van der Waals surface area contributed by atoms with Crippen molar-refractivity contribution >= 4 is 0 Å². The van der Waals surface area contributed by atoms with Gasteiger partial charge < -0.3 is 0 Å². The molecule has 0 heterocycles. The lowest BCUT2D eigenvalue weighted by Crippen LogP contribution is -1.79. The van der Waals surface area contributed by atoms with Crippen molar-refractivity contribution < 1.29 is 0 Å². The Morgan fingerprint density at radius 3 is 1.11 bits per heavy atom. The Kier molecular flexibility index (Phi) is 9.97. The normalized spacial score (nSPS) is 26.7. The van der Waals surface area contributed by atoms with E-state index in [4.69, 9.17) is 0 Å². The maximum atomic E-state index is 2.27. The number of hydrogen-bond acceptors (Lipinski definition) is 0. The van der Waals surface area contributed by atoms with Gasteiger partial charge in [-0.3, -0.25) is 0 Å². The van der Waals surface area contributed by atoms with Crippen molar-refractivity contribution in [3.8, 4) is 0 Å². The zero-order chi connectivity index (χ0) is 12.7. The molecule has 18 heavy (non-hydrogen) atoms. The summed E-state index contributed by atoms with van der Waals surface area (Å²) < 4.78 is 0. The summed E-state index contributed by atoms with van der Waals surface area (Å²) in [5, 5.41) is 0. The first-order valence-electron chi connectivity index (χ1n) is 7.32. The smallest absolute Gasteiger partial charge is 0.0348 e. The molecule has 0 saturated carbocycles. The first-order chi connectivity index (χ1) is 9.00. The molecule has 0 aliphatic heterocycles. The molecule has 0 amide bonds. The van der Waals surface area contributed by atoms with Crippen molar-refractivity contribution in [2.24, 2.45) is 0 Å². The fraction of sp³-hybridized carbons (Fsp3) is 0.444. The summed E-state index contributed by atoms with van der Waals surface area (Å²) in [7, 11) is 0. The second-order valence-electron chi connectivity index (χ2n) is 4.71. The molecule has 0 bridgehead atoms. The monoisotopic (exact) mass is 242 g/mol. The third-order valence-electron chi connectivity index (χ3n) is 3.04. The third-order valence-corrected chi connectivity index (χ3v) is 3.04. The van der Waals surface area contributed by atoms with Gasteiger partial charge in [-0.2, -0.15) is 0 Å². The van der Waals surface area contributed by atoms with Gasteiger partial charge in [-0.25, -0.2) is 0 Å². The average molecular weight is 242 g/mol. The molecule has 0 aromatic heterocycles. The van der Waals surface area contributed by atoms with E-state index >= 15 is 0 Å². The minimum Gasteiger partial charge on any atom is -0.0845 e. The van der Waals surface area contributed by atoms with Crippen LogP contribution < -0.4 is 0 Å². The Bertz CT molecular complexity index is 281. The second kappa shape index (κ2) is 12.2. The Labute approximate surface area is 112 Å². The zero-order valence-electron chi connectivity index (χ0n) is 11.4. The van der Waals surface area contributed by atoms with Gasteiger partial charge in [-0.05, 0) is 25.7 Å². The highest BCUT2D eigenvalue weighted by Gasteiger charge is 1.89. The lowest BCUT2D eigenvalue weighted by molar-refractivity contribution is 0.600. The Morgan fingerprint density at radius 1 is 0.333 bits per heavy atom. The molecule has 0 radical (unpaired) electrons. The van der Waals surface area contributed by atoms with Gasteiger partial charge in [0.15, 0.2) is 0 Å². The first-order valence-corrected chi connectivity index (χ1v) is 7.32. The van der Waals surface area contributed by atoms with Crippen molar-refractivity contribution in [1.29, 1.82) is 0 Å². The predicted octanol–water partition coefficient (Wildman–Crippen LogP) is 5.90. The van der Waals surface area contributed by atoms with E-state index in [1.807, 2.05) is 0 Å². The van der Waals surface area contributed by atoms with Crippen LogP contribution in [0.5, 0.6) is 0 Å². The van der Waals surface area contributed by atoms with E-state index in [9.17, 15) is 0 Å². The Balaban J connectivity index is 2.35. The molecule has 0 fully saturated rings. The average Bonchev–Trinajstić information content (AvgIpc) is 2.39. The van der Waals surface area contributed by atoms with Crippen LogP contribution >= 0.6 is 0 Å². The largest absolute Gasteiger partial charge is 0.0845 e. The van der Waals surface area contributed by atoms with Gasteiger partial charge in [0, 0.05) is 0 Å². The quantitative estimate of drug-likeness (QED) is 0.496. The molecule has 98 valence electrons. The van der Waals surface area contributed by atoms with Crippen LogP contribution in [0.3, 0.4) is 0 Å². The van der Waals surface area contributed by atoms with Gasteiger partial charge >= 0.3 is 0 Å². The number of allylic oxidation sites excluding steroid dienone is 10. The van der Waals surface area contributed by atoms with Crippen molar-refractivity contribution in [1.82, 2.24) is 0 Å². The molecule has 0 unspecified atom stereocenters. The fourth-order valence-electron chi connectivity index (χ4n) is 1.97. The molecule has 1 aliphatic rings. The van der Waals surface area contributed by atoms with Gasteiger partial charge in [-0.15, -0.1) is 0 Å². The fourth-order valence-corrected chi connectivity index (χ4v) is 1.97. The molecule has 1 aliphatic carbocycles. The molecule has 0 nitrogen and oxygen atoms in total. The highest BCUT2D eigenvalue weighted by Crippen LogP contribution is 2.09. The van der Waals surface area contributed by atoms with Crippen LogP contribution in [0.2, 0.25) is 0 Å². The molecule has 0 atom stereocenters. The molecule has 0 heteroatoms. The first kappa shape index (κ1) is 14.8. The number of rotatable bonds is 0. The molecular formula is C18H26. The van der Waals surface area contributed by atoms with Crippen LogP contribution in [0.4, 0.5) is 0 Å². The molecule has 0 N–H and O–H groups in total. The topological polar surface area (TPSA) is 0 Å². The van der Waals surface area contributed by atoms with Gasteiger partial charge in [0.25, 0.3) is 0 Å². The molecule has 1 rings (SSSR count). The van der Waals surface area contributed by atoms with Gasteiger partial charge in [0.05, 0.1) is 0 Å². The van der Waals surface area contributed by atoms with E-state index in [1.165, 1.54) is 51.4 Å². The van der Waals surface area contributed by atoms with Crippen LogP contribution in [0.25, 0.3) is 0 Å². The van der Waals surface area contributed by atoms with Crippen LogP contribution in [0.15, 0.2) is 60.8 Å². The van der Waals surface area contributed by atoms with E-state index in [1.54, 1.807) is 0 Å². The summed E-state index contributed by atoms with van der Waals surface area (Å²) in [6.45, 7) is 0. The summed E-state index contributed by atoms with van der Waals surface area (Å²) in [4.78, 5) is 0. The summed E-state index contributed by atoms with van der Waals surface area (Å²) in [6.07, 6.45) is 32.0. The predicted molar refractivity (Wildman–Crippen MR) is 82.6 cm³/mol. The minimum absolute atomic E-state index is 1.22. The van der Waals surface area contributed by atoms with Crippen LogP contribution in [0, 0.1) is 0 Å². The Morgan fingerprint density at radius 2 is 0.667 bits per heavy atom. The SMILES string of the molecule is C1=CCCCCCCCC\C=C/C=C/C=C/C=C\1. The summed E-state index contributed by atoms with van der Waals surface area (Å²) >= 11 is 0. The standard InChI is InChI=1S/C18H26/c1-2-4-6-8-10-12-14-16-18-17-15-13-11-9-7-5-3-1/h1-10H,11-18H2/b2-1+,5-3-,6-4+,9-7?,10-8-. The van der Waals surface area contributed by atoms with Crippen molar-refractivity contribution in [3.05, 3.63) is 60.8 Å². The number of hydrogen-bond donors (Lipinski definition) is 0. The van der Waals surface area contributed by atoms with E-state index in [2.05, 4.69) is 60.8 Å². The van der Waals surface area contributed by atoms with Gasteiger partial charge in [0.2, 0.25) is 0 Å². The Hall–Kier alpha value is -1.30. The third kappa shape index (κ3) is 9.89. The van der Waals surface area contributed by atoms with Crippen molar-refractivity contribution in [2.45, 2.75) is 51.4 Å². The highest BCUT2D eigenvalue weighted by atomic mass is 14.0. The molecule has 0 aromatic rings. The van der Waals surface area contributed by atoms with E-state index in [0.29, 0.717) is 0 Å². The lowest BCUT2D eigenvalue weighted by atomic mass is 10.1. The highest BCUT2D eigenvalue weighted by molar-refractivity contribution is 5.17. The maximum absolute atomic E-state index is 2.27. The van der Waals surface area contributed by atoms with Crippen LogP contribution in [0.1, 0.15) is 51.4 Å². The molecule has 0 spiro atoms. The van der Waals surface area contributed by atoms with E-state index in [0.717, 1.165) is 0 Å².